The second-order valence-electron chi connectivity index (χ2n) is 7.26. The maximum Gasteiger partial charge on any atom is 0.306 e. The molecule has 1 saturated heterocycles. The number of carbonyl (C=O) groups is 2. The lowest BCUT2D eigenvalue weighted by Gasteiger charge is -2.32. The number of carbonyl (C=O) groups excluding carboxylic acids is 1. The molecular formula is C17H23N5O8. The van der Waals surface area contributed by atoms with Gasteiger partial charge in [0.15, 0.2) is 16.9 Å². The number of nitrogens with one attached hydrogen (secondary N) is 1. The Labute approximate surface area is 169 Å². The lowest BCUT2D eigenvalue weighted by atomic mass is 9.93. The molecule has 0 spiro atoms. The van der Waals surface area contributed by atoms with Gasteiger partial charge in [0.05, 0.1) is 12.5 Å². The van der Waals surface area contributed by atoms with E-state index in [4.69, 9.17) is 15.6 Å². The van der Waals surface area contributed by atoms with Crippen molar-refractivity contribution in [2.75, 3.05) is 12.3 Å². The maximum atomic E-state index is 13.2. The van der Waals surface area contributed by atoms with Crippen molar-refractivity contribution >= 4 is 28.9 Å². The first-order valence-corrected chi connectivity index (χ1v) is 9.27. The number of imidazole rings is 1. The number of carboxylic acid groups (broad SMARTS) is 1. The van der Waals surface area contributed by atoms with Crippen molar-refractivity contribution in [2.24, 2.45) is 5.92 Å². The van der Waals surface area contributed by atoms with Gasteiger partial charge in [-0.2, -0.15) is 4.98 Å². The SMILES string of the molecule is CC(CCCC(=O)[C@@]1(n2cnc3c(=O)[nH]c(N)nc32)O[C@H](CO)[C@@H](O)[C@H]1O)C(=O)O. The van der Waals surface area contributed by atoms with Crippen LogP contribution in [0.2, 0.25) is 0 Å². The fourth-order valence-corrected chi connectivity index (χ4v) is 3.56. The van der Waals surface area contributed by atoms with Crippen molar-refractivity contribution in [2.45, 2.75) is 50.2 Å². The molecule has 13 nitrogen and oxygen atoms in total. The third-order valence-electron chi connectivity index (χ3n) is 5.26. The van der Waals surface area contributed by atoms with Crippen LogP contribution < -0.4 is 11.3 Å². The van der Waals surface area contributed by atoms with Crippen molar-refractivity contribution in [1.82, 2.24) is 19.5 Å². The van der Waals surface area contributed by atoms with Crippen LogP contribution in [0.5, 0.6) is 0 Å². The van der Waals surface area contributed by atoms with Crippen molar-refractivity contribution < 1.29 is 34.8 Å². The number of ether oxygens (including phenoxy) is 1. The number of anilines is 1. The Morgan fingerprint density at radius 2 is 2.13 bits per heavy atom. The van der Waals surface area contributed by atoms with Gasteiger partial charge in [0.2, 0.25) is 11.7 Å². The minimum atomic E-state index is -2.23. The summed E-state index contributed by atoms with van der Waals surface area (Å²) >= 11 is 0. The highest BCUT2D eigenvalue weighted by Gasteiger charge is 2.60. The fourth-order valence-electron chi connectivity index (χ4n) is 3.56. The van der Waals surface area contributed by atoms with E-state index >= 15 is 0 Å². The van der Waals surface area contributed by atoms with Gasteiger partial charge >= 0.3 is 5.97 Å². The minimum absolute atomic E-state index is 0.159. The average molecular weight is 425 g/mol. The maximum absolute atomic E-state index is 13.2. The molecule has 164 valence electrons. The van der Waals surface area contributed by atoms with Crippen LogP contribution in [0.3, 0.4) is 0 Å². The van der Waals surface area contributed by atoms with Crippen LogP contribution in [-0.2, 0) is 20.1 Å². The van der Waals surface area contributed by atoms with E-state index in [0.717, 1.165) is 10.9 Å². The highest BCUT2D eigenvalue weighted by molar-refractivity contribution is 5.88. The van der Waals surface area contributed by atoms with E-state index in [1.165, 1.54) is 6.92 Å². The van der Waals surface area contributed by atoms with Crippen LogP contribution in [0.25, 0.3) is 11.2 Å². The molecule has 7 N–H and O–H groups in total. The van der Waals surface area contributed by atoms with Gasteiger partial charge in [-0.05, 0) is 12.8 Å². The number of aliphatic hydroxyl groups is 3. The third-order valence-corrected chi connectivity index (χ3v) is 5.26. The van der Waals surface area contributed by atoms with Gasteiger partial charge < -0.3 is 30.9 Å². The van der Waals surface area contributed by atoms with E-state index < -0.39 is 53.9 Å². The Bertz CT molecular complexity index is 1020. The number of aromatic amines is 1. The standard InChI is InChI=1S/C17H23N5O8/c1-7(15(28)29)3-2-4-9(24)17(12(26)11(25)8(5-23)30-17)22-6-19-10-13(22)20-16(18)21-14(10)27/h6-8,11-12,23,25-26H,2-5H2,1H3,(H,28,29)(H3,18,20,21,27)/t7?,8-,11-,12-,17-/m1/s1. The lowest BCUT2D eigenvalue weighted by Crippen LogP contribution is -2.51. The number of nitrogens with zero attached hydrogens (tertiary/aromatic N) is 3. The number of Topliss-reactive ketones (excluding diaryl/α,β-unsaturated/α-hetero) is 1. The Balaban J connectivity index is 2.05. The number of rotatable bonds is 8. The zero-order valence-corrected chi connectivity index (χ0v) is 16.1. The van der Waals surface area contributed by atoms with Crippen LogP contribution in [-0.4, -0.2) is 76.6 Å². The molecule has 3 rings (SSSR count). The van der Waals surface area contributed by atoms with Crippen LogP contribution in [0.15, 0.2) is 11.1 Å². The first kappa shape index (κ1) is 21.8. The number of hydrogen-bond donors (Lipinski definition) is 6. The molecule has 1 fully saturated rings. The number of fused-ring (bicyclic) bond motifs is 1. The molecule has 5 atom stereocenters. The van der Waals surface area contributed by atoms with Gasteiger partial charge in [-0.25, -0.2) is 4.98 Å². The number of aliphatic carboxylic acids is 1. The predicted octanol–water partition coefficient (Wildman–Crippen LogP) is -2.07. The third kappa shape index (κ3) is 3.45. The average Bonchev–Trinajstić information content (AvgIpc) is 3.22. The highest BCUT2D eigenvalue weighted by Crippen LogP contribution is 2.39. The Morgan fingerprint density at radius 1 is 1.43 bits per heavy atom. The van der Waals surface area contributed by atoms with Crippen LogP contribution in [0.1, 0.15) is 26.2 Å². The quantitative estimate of drug-likeness (QED) is 0.270. The van der Waals surface area contributed by atoms with Gasteiger partial charge in [-0.3, -0.25) is 23.9 Å². The first-order valence-electron chi connectivity index (χ1n) is 9.27. The van der Waals surface area contributed by atoms with Gasteiger partial charge in [0.25, 0.3) is 5.56 Å². The molecule has 30 heavy (non-hydrogen) atoms. The number of H-pyrrole nitrogens is 1. The van der Waals surface area contributed by atoms with Crippen molar-refractivity contribution in [3.8, 4) is 0 Å². The number of nitrogens with two attached hydrogens (primary N) is 1. The second-order valence-corrected chi connectivity index (χ2v) is 7.26. The summed E-state index contributed by atoms with van der Waals surface area (Å²) in [4.78, 5) is 46.5. The molecule has 0 amide bonds. The fraction of sp³-hybridized carbons (Fsp3) is 0.588. The number of hydrogen-bond acceptors (Lipinski definition) is 10. The molecule has 0 bridgehead atoms. The molecule has 2 aromatic heterocycles. The predicted molar refractivity (Wildman–Crippen MR) is 100 cm³/mol. The zero-order valence-electron chi connectivity index (χ0n) is 16.1. The zero-order chi connectivity index (χ0) is 22.2. The van der Waals surface area contributed by atoms with Crippen LogP contribution in [0, 0.1) is 5.92 Å². The normalized spacial score (nSPS) is 27.4. The monoisotopic (exact) mass is 425 g/mol. The van der Waals surface area contributed by atoms with E-state index in [2.05, 4.69) is 15.0 Å². The molecule has 0 saturated carbocycles. The molecule has 3 heterocycles. The largest absolute Gasteiger partial charge is 0.481 e. The summed E-state index contributed by atoms with van der Waals surface area (Å²) < 4.78 is 6.65. The van der Waals surface area contributed by atoms with Crippen LogP contribution >= 0.6 is 0 Å². The molecule has 0 aliphatic carbocycles. The molecular weight excluding hydrogens is 402 g/mol. The van der Waals surface area contributed by atoms with E-state index in [-0.39, 0.29) is 36.4 Å². The highest BCUT2D eigenvalue weighted by atomic mass is 16.6. The summed E-state index contributed by atoms with van der Waals surface area (Å²) in [6, 6.07) is 0. The Hall–Kier alpha value is -2.87. The summed E-state index contributed by atoms with van der Waals surface area (Å²) in [7, 11) is 0. The lowest BCUT2D eigenvalue weighted by molar-refractivity contribution is -0.174. The molecule has 0 aromatic carbocycles. The molecule has 1 aliphatic rings. The second kappa shape index (κ2) is 8.10. The number of aromatic nitrogens is 4. The van der Waals surface area contributed by atoms with Gasteiger partial charge in [0.1, 0.15) is 24.6 Å². The minimum Gasteiger partial charge on any atom is -0.481 e. The molecule has 1 aliphatic heterocycles. The number of aliphatic hydroxyl groups excluding tert-OH is 3. The van der Waals surface area contributed by atoms with Crippen LogP contribution in [0.4, 0.5) is 5.95 Å². The van der Waals surface area contributed by atoms with Crippen molar-refractivity contribution in [3.63, 3.8) is 0 Å². The summed E-state index contributed by atoms with van der Waals surface area (Å²) in [6.07, 6.45) is -3.54. The van der Waals surface area contributed by atoms with E-state index in [1.54, 1.807) is 0 Å². The number of ketones is 1. The number of nitrogen functional groups attached to an aromatic ring is 1. The summed E-state index contributed by atoms with van der Waals surface area (Å²) in [5, 5.41) is 39.5. The van der Waals surface area contributed by atoms with Crippen molar-refractivity contribution in [1.29, 1.82) is 0 Å². The van der Waals surface area contributed by atoms with E-state index in [1.807, 2.05) is 0 Å². The molecule has 0 radical (unpaired) electrons. The molecule has 1 unspecified atom stereocenters. The summed E-state index contributed by atoms with van der Waals surface area (Å²) in [5.74, 6) is -2.67. The Morgan fingerprint density at radius 3 is 2.73 bits per heavy atom. The van der Waals surface area contributed by atoms with E-state index in [9.17, 15) is 29.7 Å². The Kier molecular flexibility index (Phi) is 5.90. The topological polar surface area (TPSA) is 214 Å². The first-order chi connectivity index (χ1) is 14.1. The smallest absolute Gasteiger partial charge is 0.306 e. The van der Waals surface area contributed by atoms with Gasteiger partial charge in [-0.15, -0.1) is 0 Å². The molecule has 13 heteroatoms. The van der Waals surface area contributed by atoms with Gasteiger partial charge in [0, 0.05) is 6.42 Å². The van der Waals surface area contributed by atoms with Gasteiger partial charge in [-0.1, -0.05) is 6.92 Å². The number of carboxylic acids is 1. The summed E-state index contributed by atoms with van der Waals surface area (Å²) in [5.41, 5.74) is 2.34. The van der Waals surface area contributed by atoms with Crippen molar-refractivity contribution in [3.05, 3.63) is 16.7 Å². The van der Waals surface area contributed by atoms with E-state index in [0.29, 0.717) is 0 Å². The summed E-state index contributed by atoms with van der Waals surface area (Å²) in [6.45, 7) is 0.809. The molecule has 2 aromatic rings.